The number of ether oxygens (including phenoxy) is 1. The van der Waals surface area contributed by atoms with E-state index in [9.17, 15) is 14.4 Å². The molecule has 4 rings (SSSR count). The van der Waals surface area contributed by atoms with Crippen LogP contribution in [0.3, 0.4) is 0 Å². The fourth-order valence-corrected chi connectivity index (χ4v) is 4.90. The number of aryl methyl sites for hydroxylation is 1. The maximum absolute atomic E-state index is 12.8. The van der Waals surface area contributed by atoms with Crippen molar-refractivity contribution >= 4 is 17.4 Å². The molecular weight excluding hydrogens is 468 g/mol. The van der Waals surface area contributed by atoms with Crippen LogP contribution in [0.1, 0.15) is 67.6 Å². The van der Waals surface area contributed by atoms with Gasteiger partial charge in [0, 0.05) is 31.6 Å². The zero-order valence-corrected chi connectivity index (χ0v) is 22.1. The number of aromatic nitrogens is 3. The van der Waals surface area contributed by atoms with Crippen molar-refractivity contribution in [2.45, 2.75) is 59.4 Å². The summed E-state index contributed by atoms with van der Waals surface area (Å²) in [4.78, 5) is 39.8. The number of esters is 1. The van der Waals surface area contributed by atoms with E-state index < -0.39 is 0 Å². The van der Waals surface area contributed by atoms with Gasteiger partial charge in [0.1, 0.15) is 12.1 Å². The van der Waals surface area contributed by atoms with Gasteiger partial charge in [-0.25, -0.2) is 18.8 Å². The average molecular weight is 505 g/mol. The highest BCUT2D eigenvalue weighted by atomic mass is 16.5. The van der Waals surface area contributed by atoms with Crippen molar-refractivity contribution in [3.8, 4) is 5.69 Å². The summed E-state index contributed by atoms with van der Waals surface area (Å²) in [6, 6.07) is 13.6. The zero-order valence-electron chi connectivity index (χ0n) is 22.1. The van der Waals surface area contributed by atoms with Crippen molar-refractivity contribution in [3.05, 3.63) is 76.0 Å². The molecule has 0 atom stereocenters. The third kappa shape index (κ3) is 6.18. The molecule has 1 fully saturated rings. The molecule has 37 heavy (non-hydrogen) atoms. The summed E-state index contributed by atoms with van der Waals surface area (Å²) in [6.45, 7) is 9.63. The van der Waals surface area contributed by atoms with Gasteiger partial charge in [-0.1, -0.05) is 12.1 Å². The SMILES string of the molecule is CCOC(=O)c1cc(CC(=O)CC2CCN(c3ccc(-n4cnn(C(C)C)c4=O)cc3)CC2)ccc1C. The zero-order chi connectivity index (χ0) is 26.5. The minimum Gasteiger partial charge on any atom is -0.462 e. The van der Waals surface area contributed by atoms with Crippen LogP contribution in [0.15, 0.2) is 53.6 Å². The summed E-state index contributed by atoms with van der Waals surface area (Å²) < 4.78 is 8.16. The number of nitrogens with zero attached hydrogens (tertiary/aromatic N) is 4. The van der Waals surface area contributed by atoms with Gasteiger partial charge in [-0.05, 0) is 87.9 Å². The van der Waals surface area contributed by atoms with E-state index in [2.05, 4.69) is 10.00 Å². The Hall–Kier alpha value is -3.68. The number of Topliss-reactive ketones (excluding diaryl/α,β-unsaturated/α-hetero) is 1. The Morgan fingerprint density at radius 1 is 1.05 bits per heavy atom. The van der Waals surface area contributed by atoms with Crippen molar-refractivity contribution in [1.82, 2.24) is 14.3 Å². The lowest BCUT2D eigenvalue weighted by atomic mass is 9.89. The second kappa shape index (κ2) is 11.6. The van der Waals surface area contributed by atoms with E-state index in [1.807, 2.05) is 57.2 Å². The Labute approximate surface area is 217 Å². The van der Waals surface area contributed by atoms with Crippen LogP contribution < -0.4 is 10.6 Å². The first kappa shape index (κ1) is 26.4. The molecule has 0 spiro atoms. The molecule has 1 aromatic heterocycles. The molecule has 8 heteroatoms. The first-order valence-corrected chi connectivity index (χ1v) is 13.1. The van der Waals surface area contributed by atoms with E-state index in [0.717, 1.165) is 48.4 Å². The highest BCUT2D eigenvalue weighted by Gasteiger charge is 2.22. The van der Waals surface area contributed by atoms with Gasteiger partial charge in [0.05, 0.1) is 23.9 Å². The van der Waals surface area contributed by atoms with Crippen molar-refractivity contribution in [2.24, 2.45) is 5.92 Å². The lowest BCUT2D eigenvalue weighted by Crippen LogP contribution is -2.34. The van der Waals surface area contributed by atoms with Gasteiger partial charge < -0.3 is 9.64 Å². The second-order valence-corrected chi connectivity index (χ2v) is 10.1. The molecule has 0 radical (unpaired) electrons. The molecule has 196 valence electrons. The molecule has 1 aliphatic rings. The predicted molar refractivity (Wildman–Crippen MR) is 144 cm³/mol. The Morgan fingerprint density at radius 3 is 2.35 bits per heavy atom. The fraction of sp³-hybridized carbons (Fsp3) is 0.448. The average Bonchev–Trinajstić information content (AvgIpc) is 3.27. The normalized spacial score (nSPS) is 14.2. The maximum Gasteiger partial charge on any atom is 0.350 e. The summed E-state index contributed by atoms with van der Waals surface area (Å²) in [5.41, 5.74) is 4.01. The molecule has 0 aliphatic carbocycles. The van der Waals surface area contributed by atoms with Gasteiger partial charge in [0.2, 0.25) is 0 Å². The molecule has 0 amide bonds. The van der Waals surface area contributed by atoms with Gasteiger partial charge in [-0.3, -0.25) is 4.79 Å². The standard InChI is InChI=1S/C29H36N4O4/c1-5-37-28(35)27-18-23(7-6-21(27)4)17-26(34)16-22-12-14-31(15-13-22)24-8-10-25(11-9-24)32-19-30-33(20(2)3)29(32)36/h6-11,18-20,22H,5,12-17H2,1-4H3. The van der Waals surface area contributed by atoms with Crippen LogP contribution in [0.5, 0.6) is 0 Å². The van der Waals surface area contributed by atoms with E-state index in [-0.39, 0.29) is 23.5 Å². The second-order valence-electron chi connectivity index (χ2n) is 10.1. The Morgan fingerprint density at radius 2 is 1.73 bits per heavy atom. The number of carbonyl (C=O) groups excluding carboxylic acids is 2. The predicted octanol–water partition coefficient (Wildman–Crippen LogP) is 4.52. The summed E-state index contributed by atoms with van der Waals surface area (Å²) >= 11 is 0. The largest absolute Gasteiger partial charge is 0.462 e. The molecule has 0 bridgehead atoms. The Bertz CT molecular complexity index is 1300. The van der Waals surface area contributed by atoms with E-state index in [1.54, 1.807) is 23.9 Å². The summed E-state index contributed by atoms with van der Waals surface area (Å²) in [6.07, 6.45) is 4.36. The summed E-state index contributed by atoms with van der Waals surface area (Å²) in [7, 11) is 0. The molecule has 8 nitrogen and oxygen atoms in total. The van der Waals surface area contributed by atoms with Crippen LogP contribution >= 0.6 is 0 Å². The third-order valence-electron chi connectivity index (χ3n) is 7.01. The fourth-order valence-electron chi connectivity index (χ4n) is 4.90. The topological polar surface area (TPSA) is 86.4 Å². The number of ketones is 1. The molecule has 3 aromatic rings. The number of hydrogen-bond acceptors (Lipinski definition) is 6. The summed E-state index contributed by atoms with van der Waals surface area (Å²) in [5, 5.41) is 4.19. The molecule has 2 aromatic carbocycles. The van der Waals surface area contributed by atoms with Crippen molar-refractivity contribution < 1.29 is 14.3 Å². The van der Waals surface area contributed by atoms with Crippen molar-refractivity contribution in [2.75, 3.05) is 24.6 Å². The molecule has 1 saturated heterocycles. The van der Waals surface area contributed by atoms with E-state index in [1.165, 1.54) is 4.68 Å². The number of benzene rings is 2. The van der Waals surface area contributed by atoms with Crippen molar-refractivity contribution in [3.63, 3.8) is 0 Å². The molecule has 1 aliphatic heterocycles. The third-order valence-corrected chi connectivity index (χ3v) is 7.01. The number of hydrogen-bond donors (Lipinski definition) is 0. The van der Waals surface area contributed by atoms with Gasteiger partial charge in [-0.2, -0.15) is 5.10 Å². The highest BCUT2D eigenvalue weighted by molar-refractivity contribution is 5.91. The molecule has 0 saturated carbocycles. The van der Waals surface area contributed by atoms with Crippen LogP contribution in [-0.2, 0) is 16.0 Å². The molecule has 2 heterocycles. The Balaban J connectivity index is 1.30. The van der Waals surface area contributed by atoms with E-state index in [4.69, 9.17) is 4.74 Å². The van der Waals surface area contributed by atoms with Crippen LogP contribution in [0.2, 0.25) is 0 Å². The highest BCUT2D eigenvalue weighted by Crippen LogP contribution is 2.27. The van der Waals surface area contributed by atoms with Gasteiger partial charge >= 0.3 is 11.7 Å². The number of piperidine rings is 1. The smallest absolute Gasteiger partial charge is 0.350 e. The van der Waals surface area contributed by atoms with Gasteiger partial charge in [0.25, 0.3) is 0 Å². The number of rotatable bonds is 9. The van der Waals surface area contributed by atoms with Crippen LogP contribution in [0.4, 0.5) is 5.69 Å². The molecule has 0 unspecified atom stereocenters. The van der Waals surface area contributed by atoms with Crippen molar-refractivity contribution in [1.29, 1.82) is 0 Å². The first-order chi connectivity index (χ1) is 17.8. The minimum atomic E-state index is -0.340. The molecule has 0 N–H and O–H groups in total. The minimum absolute atomic E-state index is 0.0140. The van der Waals surface area contributed by atoms with E-state index >= 15 is 0 Å². The molecular formula is C29H36N4O4. The van der Waals surface area contributed by atoms with Gasteiger partial charge in [-0.15, -0.1) is 0 Å². The van der Waals surface area contributed by atoms with Gasteiger partial charge in [0.15, 0.2) is 0 Å². The number of anilines is 1. The lowest BCUT2D eigenvalue weighted by Gasteiger charge is -2.33. The monoisotopic (exact) mass is 504 g/mol. The first-order valence-electron chi connectivity index (χ1n) is 13.1. The van der Waals surface area contributed by atoms with Crippen LogP contribution in [-0.4, -0.2) is 45.8 Å². The quantitative estimate of drug-likeness (QED) is 0.398. The lowest BCUT2D eigenvalue weighted by molar-refractivity contribution is -0.119. The Kier molecular flexibility index (Phi) is 8.26. The van der Waals surface area contributed by atoms with E-state index in [0.29, 0.717) is 30.9 Å². The maximum atomic E-state index is 12.8. The van der Waals surface area contributed by atoms with Crippen LogP contribution in [0.25, 0.3) is 5.69 Å². The summed E-state index contributed by atoms with van der Waals surface area (Å²) in [5.74, 6) is 0.222. The van der Waals surface area contributed by atoms with Crippen LogP contribution in [0, 0.1) is 12.8 Å². The number of carbonyl (C=O) groups is 2.